The van der Waals surface area contributed by atoms with E-state index in [1.165, 1.54) is 5.57 Å². The number of hydrogen-bond acceptors (Lipinski definition) is 7. The Labute approximate surface area is 312 Å². The molecular formula is C43H68N2O7. The molecule has 2 N–H and O–H groups in total. The Morgan fingerprint density at radius 1 is 0.904 bits per heavy atom. The van der Waals surface area contributed by atoms with E-state index in [2.05, 4.69) is 65.7 Å². The largest absolute Gasteiger partial charge is 0.481 e. The second-order valence-corrected chi connectivity index (χ2v) is 20.5. The van der Waals surface area contributed by atoms with Crippen molar-refractivity contribution < 1.29 is 33.8 Å². The van der Waals surface area contributed by atoms with Gasteiger partial charge in [0.2, 0.25) is 0 Å². The molecule has 0 aromatic rings. The lowest BCUT2D eigenvalue weighted by Crippen LogP contribution is -2.67. The molecule has 52 heavy (non-hydrogen) atoms. The van der Waals surface area contributed by atoms with Gasteiger partial charge in [0.15, 0.2) is 5.78 Å². The zero-order valence-corrected chi connectivity index (χ0v) is 33.9. The highest BCUT2D eigenvalue weighted by molar-refractivity contribution is 6.02. The molecule has 1 heterocycles. The Morgan fingerprint density at radius 2 is 1.58 bits per heavy atom. The third-order valence-electron chi connectivity index (χ3n) is 16.4. The molecule has 5 aliphatic carbocycles. The first-order valence-corrected chi connectivity index (χ1v) is 20.5. The summed E-state index contributed by atoms with van der Waals surface area (Å²) < 4.78 is 12.1. The predicted molar refractivity (Wildman–Crippen MR) is 200 cm³/mol. The number of likely N-dealkylation sites (tertiary alicyclic amines) is 1. The van der Waals surface area contributed by atoms with Gasteiger partial charge in [-0.05, 0) is 155 Å². The van der Waals surface area contributed by atoms with Gasteiger partial charge in [0.05, 0.1) is 24.0 Å². The van der Waals surface area contributed by atoms with Crippen molar-refractivity contribution in [2.45, 2.75) is 151 Å². The molecule has 8 atom stereocenters. The van der Waals surface area contributed by atoms with E-state index < -0.39 is 22.9 Å². The van der Waals surface area contributed by atoms with Gasteiger partial charge in [-0.15, -0.1) is 0 Å². The highest BCUT2D eigenvalue weighted by Crippen LogP contribution is 2.76. The van der Waals surface area contributed by atoms with Crippen molar-refractivity contribution in [3.63, 3.8) is 0 Å². The van der Waals surface area contributed by atoms with E-state index in [4.69, 9.17) is 9.47 Å². The number of aliphatic carboxylic acids is 1. The Hall–Kier alpha value is -2.42. The minimum absolute atomic E-state index is 0.0355. The number of alkyl carbamates (subject to hydrolysis) is 1. The standard InChI is InChI=1S/C43H68N2O7/c1-26(2)34-29(46)23-43(44-37(50)51-25-27-15-21-45(10)22-16-27)20-19-41(8)28(35(34)43)11-12-31-40(7)17-14-32(52-33(47)24-38(3,4)36(48)49)39(5,6)30(40)13-18-42(31,41)9/h26-28,30-32H,11-25H2,1-10H3,(H,44,50)(H,48,49)/t28?,30?,31?,32-,40?,41+,42?,43?/m0/s1. The summed E-state index contributed by atoms with van der Waals surface area (Å²) in [5.41, 5.74) is 0.122. The van der Waals surface area contributed by atoms with Crippen molar-refractivity contribution in [1.29, 1.82) is 0 Å². The van der Waals surface area contributed by atoms with Crippen LogP contribution in [0.15, 0.2) is 11.1 Å². The van der Waals surface area contributed by atoms with Gasteiger partial charge in [0.1, 0.15) is 6.10 Å². The van der Waals surface area contributed by atoms with Gasteiger partial charge < -0.3 is 24.8 Å². The molecule has 0 bridgehead atoms. The van der Waals surface area contributed by atoms with E-state index in [-0.39, 0.29) is 57.9 Å². The molecule has 5 fully saturated rings. The third-order valence-corrected chi connectivity index (χ3v) is 16.4. The Balaban J connectivity index is 1.24. The Bertz CT molecular complexity index is 1490. The number of ether oxygens (including phenoxy) is 2. The third kappa shape index (κ3) is 6.24. The van der Waals surface area contributed by atoms with Crippen molar-refractivity contribution in [1.82, 2.24) is 10.2 Å². The highest BCUT2D eigenvalue weighted by Gasteiger charge is 2.70. The first kappa shape index (κ1) is 39.3. The number of ketones is 1. The average Bonchev–Trinajstić information content (AvgIpc) is 3.34. The molecular weight excluding hydrogens is 656 g/mol. The molecule has 292 valence electrons. The maximum atomic E-state index is 14.0. The van der Waals surface area contributed by atoms with Crippen molar-refractivity contribution in [2.24, 2.45) is 56.7 Å². The molecule has 4 saturated carbocycles. The summed E-state index contributed by atoms with van der Waals surface area (Å²) in [6.45, 7) is 22.0. The van der Waals surface area contributed by atoms with Crippen molar-refractivity contribution in [3.05, 3.63) is 11.1 Å². The van der Waals surface area contributed by atoms with Crippen LogP contribution in [-0.2, 0) is 23.9 Å². The van der Waals surface area contributed by atoms with E-state index in [9.17, 15) is 24.3 Å². The topological polar surface area (TPSA) is 122 Å². The number of allylic oxidation sites excluding steroid dienone is 1. The van der Waals surface area contributed by atoms with Crippen molar-refractivity contribution in [2.75, 3.05) is 26.7 Å². The number of carbonyl (C=O) groups excluding carboxylic acids is 3. The summed E-state index contributed by atoms with van der Waals surface area (Å²) in [7, 11) is 2.14. The number of nitrogens with zero attached hydrogens (tertiary/aromatic N) is 1. The number of carbonyl (C=O) groups is 4. The summed E-state index contributed by atoms with van der Waals surface area (Å²) in [5, 5.41) is 13.0. The monoisotopic (exact) mass is 725 g/mol. The van der Waals surface area contributed by atoms with Crippen LogP contribution in [0.3, 0.4) is 0 Å². The Morgan fingerprint density at radius 3 is 2.21 bits per heavy atom. The van der Waals surface area contributed by atoms with E-state index in [0.717, 1.165) is 82.9 Å². The number of rotatable bonds is 8. The molecule has 9 heteroatoms. The second-order valence-electron chi connectivity index (χ2n) is 20.5. The van der Waals surface area contributed by atoms with Crippen molar-refractivity contribution >= 4 is 23.8 Å². The number of fused-ring (bicyclic) bond motifs is 7. The van der Waals surface area contributed by atoms with Gasteiger partial charge in [0.25, 0.3) is 0 Å². The summed E-state index contributed by atoms with van der Waals surface area (Å²) in [6, 6.07) is 0. The summed E-state index contributed by atoms with van der Waals surface area (Å²) >= 11 is 0. The minimum atomic E-state index is -1.17. The van der Waals surface area contributed by atoms with E-state index in [1.807, 2.05) is 0 Å². The highest BCUT2D eigenvalue weighted by atomic mass is 16.6. The summed E-state index contributed by atoms with van der Waals surface area (Å²) in [5.74, 6) is 0.283. The molecule has 6 rings (SSSR count). The second kappa shape index (κ2) is 13.4. The molecule has 0 aromatic carbocycles. The molecule has 1 saturated heterocycles. The average molecular weight is 725 g/mol. The van der Waals surface area contributed by atoms with E-state index in [1.54, 1.807) is 13.8 Å². The molecule has 0 radical (unpaired) electrons. The van der Waals surface area contributed by atoms with Gasteiger partial charge in [0, 0.05) is 11.8 Å². The van der Waals surface area contributed by atoms with Crippen LogP contribution in [0.1, 0.15) is 139 Å². The smallest absolute Gasteiger partial charge is 0.407 e. The Kier molecular flexibility index (Phi) is 10.1. The van der Waals surface area contributed by atoms with Crippen LogP contribution >= 0.6 is 0 Å². The number of amides is 1. The van der Waals surface area contributed by atoms with Crippen LogP contribution < -0.4 is 5.32 Å². The van der Waals surface area contributed by atoms with Crippen LogP contribution in [-0.4, -0.2) is 72.2 Å². The van der Waals surface area contributed by atoms with Crippen LogP contribution in [0.2, 0.25) is 0 Å². The first-order chi connectivity index (χ1) is 24.1. The summed E-state index contributed by atoms with van der Waals surface area (Å²) in [4.78, 5) is 54.7. The number of esters is 1. The fourth-order valence-corrected chi connectivity index (χ4v) is 13.2. The van der Waals surface area contributed by atoms with Crippen molar-refractivity contribution in [3.8, 4) is 0 Å². The van der Waals surface area contributed by atoms with Crippen LogP contribution in [0, 0.1) is 56.7 Å². The number of Topliss-reactive ketones (excluding diaryl/α,β-unsaturated/α-hetero) is 1. The van der Waals surface area contributed by atoms with Crippen LogP contribution in [0.25, 0.3) is 0 Å². The number of nitrogens with one attached hydrogen (secondary N) is 1. The van der Waals surface area contributed by atoms with Crippen LogP contribution in [0.4, 0.5) is 4.79 Å². The lowest BCUT2D eigenvalue weighted by atomic mass is 9.33. The normalized spacial score (nSPS) is 39.2. The van der Waals surface area contributed by atoms with Gasteiger partial charge in [-0.2, -0.15) is 0 Å². The first-order valence-electron chi connectivity index (χ1n) is 20.5. The van der Waals surface area contributed by atoms with E-state index >= 15 is 0 Å². The van der Waals surface area contributed by atoms with Gasteiger partial charge in [-0.3, -0.25) is 14.4 Å². The predicted octanol–water partition coefficient (Wildman–Crippen LogP) is 8.20. The quantitative estimate of drug-likeness (QED) is 0.240. The zero-order chi connectivity index (χ0) is 38.2. The fraction of sp³-hybridized carbons (Fsp3) is 0.860. The summed E-state index contributed by atoms with van der Waals surface area (Å²) in [6.07, 6.45) is 9.24. The number of carboxylic acids is 1. The lowest BCUT2D eigenvalue weighted by Gasteiger charge is -2.72. The lowest BCUT2D eigenvalue weighted by molar-refractivity contribution is -0.232. The molecule has 0 spiro atoms. The number of carboxylic acid groups (broad SMARTS) is 1. The molecule has 1 aliphatic heterocycles. The molecule has 0 aromatic heterocycles. The SMILES string of the molecule is CC(C)C1=C2C3CCC4C5(C)CC[C@H](OC(=O)CC(C)(C)C(=O)O)C(C)(C)C5CCC4(C)[C@]3(C)CCC2(NC(=O)OCC2CCN(C)CC2)CC1=O. The molecule has 9 nitrogen and oxygen atoms in total. The van der Waals surface area contributed by atoms with Crippen LogP contribution in [0.5, 0.6) is 0 Å². The molecule has 1 amide bonds. The van der Waals surface area contributed by atoms with E-state index in [0.29, 0.717) is 30.8 Å². The van der Waals surface area contributed by atoms with Gasteiger partial charge in [-0.25, -0.2) is 4.79 Å². The zero-order valence-electron chi connectivity index (χ0n) is 33.9. The maximum absolute atomic E-state index is 14.0. The number of piperidine rings is 1. The molecule has 6 unspecified atom stereocenters. The maximum Gasteiger partial charge on any atom is 0.407 e. The fourth-order valence-electron chi connectivity index (χ4n) is 13.2. The van der Waals surface area contributed by atoms with Gasteiger partial charge in [-0.1, -0.05) is 48.5 Å². The molecule has 6 aliphatic rings. The van der Waals surface area contributed by atoms with Gasteiger partial charge >= 0.3 is 18.0 Å². The number of hydrogen-bond donors (Lipinski definition) is 2. The minimum Gasteiger partial charge on any atom is -0.481 e.